The highest BCUT2D eigenvalue weighted by molar-refractivity contribution is 6.30. The van der Waals surface area contributed by atoms with Crippen molar-refractivity contribution in [1.82, 2.24) is 0 Å². The maximum atomic E-state index is 12.4. The van der Waals surface area contributed by atoms with Crippen LogP contribution in [0.3, 0.4) is 0 Å². The Balaban J connectivity index is 2.01. The van der Waals surface area contributed by atoms with Crippen LogP contribution in [-0.2, 0) is 9.53 Å². The molecule has 0 spiro atoms. The lowest BCUT2D eigenvalue weighted by Gasteiger charge is -2.21. The summed E-state index contributed by atoms with van der Waals surface area (Å²) in [6, 6.07) is 17.1. The Hall–Kier alpha value is -2.84. The molecule has 2 aromatic rings. The molecular weight excluding hydrogens is 328 g/mol. The average molecular weight is 343 g/mol. The second-order valence-electron chi connectivity index (χ2n) is 4.87. The Morgan fingerprint density at radius 1 is 1.08 bits per heavy atom. The van der Waals surface area contributed by atoms with Gasteiger partial charge in [-0.15, -0.1) is 0 Å². The quantitative estimate of drug-likeness (QED) is 0.754. The summed E-state index contributed by atoms with van der Waals surface area (Å²) in [6.45, 7) is -0.167. The summed E-state index contributed by atoms with van der Waals surface area (Å²) in [5, 5.41) is 9.26. The highest BCUT2D eigenvalue weighted by atomic mass is 35.5. The van der Waals surface area contributed by atoms with Crippen molar-refractivity contribution in [2.75, 3.05) is 18.1 Å². The molecule has 0 bridgehead atoms. The zero-order valence-electron chi connectivity index (χ0n) is 12.8. The molecule has 0 fully saturated rings. The molecule has 0 aliphatic carbocycles. The topological polar surface area (TPSA) is 70.4 Å². The first-order valence-electron chi connectivity index (χ1n) is 7.27. The molecule has 1 amide bonds. The van der Waals surface area contributed by atoms with E-state index >= 15 is 0 Å². The maximum Gasteiger partial charge on any atom is 0.338 e. The van der Waals surface area contributed by atoms with Crippen LogP contribution in [0.1, 0.15) is 16.8 Å². The molecule has 0 aliphatic rings. The van der Waals surface area contributed by atoms with Gasteiger partial charge in [-0.05, 0) is 36.4 Å². The summed E-state index contributed by atoms with van der Waals surface area (Å²) < 4.78 is 5.06. The number of hydrogen-bond donors (Lipinski definition) is 0. The summed E-state index contributed by atoms with van der Waals surface area (Å²) in [5.74, 6) is -0.993. The SMILES string of the molecule is N#CCCN(C(=O)COC(=O)c1ccc(Cl)cc1)c1ccccc1. The number of rotatable bonds is 6. The first-order valence-corrected chi connectivity index (χ1v) is 7.64. The van der Waals surface area contributed by atoms with E-state index in [1.165, 1.54) is 17.0 Å². The third-order valence-corrected chi connectivity index (χ3v) is 3.47. The van der Waals surface area contributed by atoms with Crippen LogP contribution in [0, 0.1) is 11.3 Å². The molecule has 0 N–H and O–H groups in total. The number of carbonyl (C=O) groups excluding carboxylic acids is 2. The predicted octanol–water partition coefficient (Wildman–Crippen LogP) is 3.44. The van der Waals surface area contributed by atoms with Gasteiger partial charge in [-0.2, -0.15) is 5.26 Å². The summed E-state index contributed by atoms with van der Waals surface area (Å²) in [4.78, 5) is 25.7. The number of nitriles is 1. The Kier molecular flexibility index (Phi) is 6.35. The number of ether oxygens (including phenoxy) is 1. The second-order valence-corrected chi connectivity index (χ2v) is 5.31. The number of hydrogen-bond acceptors (Lipinski definition) is 4. The first-order chi connectivity index (χ1) is 11.6. The van der Waals surface area contributed by atoms with E-state index in [-0.39, 0.29) is 13.0 Å². The summed E-state index contributed by atoms with van der Waals surface area (Å²) in [7, 11) is 0. The number of nitrogens with zero attached hydrogens (tertiary/aromatic N) is 2. The fourth-order valence-electron chi connectivity index (χ4n) is 2.04. The summed E-state index contributed by atoms with van der Waals surface area (Å²) >= 11 is 5.76. The lowest BCUT2D eigenvalue weighted by atomic mass is 10.2. The van der Waals surface area contributed by atoms with Gasteiger partial charge in [0, 0.05) is 17.3 Å². The van der Waals surface area contributed by atoms with Crippen LogP contribution in [0.15, 0.2) is 54.6 Å². The van der Waals surface area contributed by atoms with Crippen molar-refractivity contribution < 1.29 is 14.3 Å². The predicted molar refractivity (Wildman–Crippen MR) is 90.8 cm³/mol. The number of halogens is 1. The third-order valence-electron chi connectivity index (χ3n) is 3.22. The van der Waals surface area contributed by atoms with Gasteiger partial charge < -0.3 is 9.64 Å². The molecule has 0 radical (unpaired) electrons. The molecule has 5 nitrogen and oxygen atoms in total. The van der Waals surface area contributed by atoms with Crippen molar-refractivity contribution >= 4 is 29.2 Å². The van der Waals surface area contributed by atoms with Gasteiger partial charge in [0.05, 0.1) is 18.1 Å². The van der Waals surface area contributed by atoms with Crippen molar-refractivity contribution in [3.05, 3.63) is 65.2 Å². The van der Waals surface area contributed by atoms with E-state index in [4.69, 9.17) is 21.6 Å². The zero-order chi connectivity index (χ0) is 17.4. The van der Waals surface area contributed by atoms with E-state index in [0.717, 1.165) is 0 Å². The van der Waals surface area contributed by atoms with Gasteiger partial charge in [-0.1, -0.05) is 29.8 Å². The average Bonchev–Trinajstić information content (AvgIpc) is 2.61. The van der Waals surface area contributed by atoms with Gasteiger partial charge >= 0.3 is 5.97 Å². The number of carbonyl (C=O) groups is 2. The van der Waals surface area contributed by atoms with Gasteiger partial charge in [0.25, 0.3) is 5.91 Å². The highest BCUT2D eigenvalue weighted by Gasteiger charge is 2.18. The number of anilines is 1. The summed E-state index contributed by atoms with van der Waals surface area (Å²) in [5.41, 5.74) is 0.968. The van der Waals surface area contributed by atoms with Gasteiger partial charge in [0.15, 0.2) is 6.61 Å². The van der Waals surface area contributed by atoms with E-state index in [0.29, 0.717) is 16.3 Å². The number of amides is 1. The second kappa shape index (κ2) is 8.70. The van der Waals surface area contributed by atoms with Gasteiger partial charge in [0.2, 0.25) is 0 Å². The molecule has 0 atom stereocenters. The van der Waals surface area contributed by atoms with Crippen LogP contribution in [-0.4, -0.2) is 25.0 Å². The Bertz CT molecular complexity index is 739. The molecule has 0 saturated heterocycles. The lowest BCUT2D eigenvalue weighted by molar-refractivity contribution is -0.121. The van der Waals surface area contributed by atoms with Crippen LogP contribution in [0.5, 0.6) is 0 Å². The molecule has 0 heterocycles. The van der Waals surface area contributed by atoms with Gasteiger partial charge in [0.1, 0.15) is 0 Å². The highest BCUT2D eigenvalue weighted by Crippen LogP contribution is 2.15. The lowest BCUT2D eigenvalue weighted by Crippen LogP contribution is -2.35. The molecular formula is C18H15ClN2O3. The standard InChI is InChI=1S/C18H15ClN2O3/c19-15-9-7-14(8-10-15)18(23)24-13-17(22)21(12-4-11-20)16-5-2-1-3-6-16/h1-3,5-10H,4,12-13H2. The maximum absolute atomic E-state index is 12.4. The summed E-state index contributed by atoms with van der Waals surface area (Å²) in [6.07, 6.45) is 0.186. The van der Waals surface area contributed by atoms with Crippen LogP contribution >= 0.6 is 11.6 Å². The molecule has 2 rings (SSSR count). The van der Waals surface area contributed by atoms with Crippen LogP contribution in [0.25, 0.3) is 0 Å². The van der Waals surface area contributed by atoms with Gasteiger partial charge in [-0.25, -0.2) is 4.79 Å². The number of esters is 1. The number of para-hydroxylation sites is 1. The van der Waals surface area contributed by atoms with E-state index in [1.54, 1.807) is 36.4 Å². The van der Waals surface area contributed by atoms with E-state index in [2.05, 4.69) is 0 Å². The smallest absolute Gasteiger partial charge is 0.338 e. The molecule has 0 aromatic heterocycles. The Morgan fingerprint density at radius 3 is 2.38 bits per heavy atom. The molecule has 6 heteroatoms. The Labute approximate surface area is 145 Å². The van der Waals surface area contributed by atoms with E-state index in [9.17, 15) is 9.59 Å². The Morgan fingerprint density at radius 2 is 1.75 bits per heavy atom. The number of benzene rings is 2. The van der Waals surface area contributed by atoms with Crippen LogP contribution < -0.4 is 4.90 Å². The first kappa shape index (κ1) is 17.5. The van der Waals surface area contributed by atoms with Gasteiger partial charge in [-0.3, -0.25) is 4.79 Å². The van der Waals surface area contributed by atoms with Crippen LogP contribution in [0.4, 0.5) is 5.69 Å². The van der Waals surface area contributed by atoms with Crippen molar-refractivity contribution in [1.29, 1.82) is 5.26 Å². The van der Waals surface area contributed by atoms with Crippen molar-refractivity contribution in [2.45, 2.75) is 6.42 Å². The molecule has 0 aliphatic heterocycles. The molecule has 0 unspecified atom stereocenters. The van der Waals surface area contributed by atoms with Crippen LogP contribution in [0.2, 0.25) is 5.02 Å². The fraction of sp³-hybridized carbons (Fsp3) is 0.167. The minimum atomic E-state index is -0.603. The zero-order valence-corrected chi connectivity index (χ0v) is 13.6. The van der Waals surface area contributed by atoms with Crippen molar-refractivity contribution in [2.24, 2.45) is 0 Å². The largest absolute Gasteiger partial charge is 0.452 e. The van der Waals surface area contributed by atoms with E-state index in [1.807, 2.05) is 12.1 Å². The minimum Gasteiger partial charge on any atom is -0.452 e. The molecule has 24 heavy (non-hydrogen) atoms. The molecule has 122 valence electrons. The normalized spacial score (nSPS) is 9.83. The van der Waals surface area contributed by atoms with Crippen molar-refractivity contribution in [3.63, 3.8) is 0 Å². The minimum absolute atomic E-state index is 0.186. The molecule has 0 saturated carbocycles. The third kappa shape index (κ3) is 4.83. The van der Waals surface area contributed by atoms with E-state index < -0.39 is 18.5 Å². The molecule has 2 aromatic carbocycles. The van der Waals surface area contributed by atoms with Crippen molar-refractivity contribution in [3.8, 4) is 6.07 Å². The fourth-order valence-corrected chi connectivity index (χ4v) is 2.17. The monoisotopic (exact) mass is 342 g/mol.